The molecule has 2 N–H and O–H groups in total. The van der Waals surface area contributed by atoms with E-state index in [1.165, 1.54) is 6.42 Å². The van der Waals surface area contributed by atoms with E-state index < -0.39 is 0 Å². The molecule has 17 heavy (non-hydrogen) atoms. The van der Waals surface area contributed by atoms with Crippen molar-refractivity contribution in [3.05, 3.63) is 18.3 Å². The molecule has 1 saturated heterocycles. The fourth-order valence-electron chi connectivity index (χ4n) is 2.44. The highest BCUT2D eigenvalue weighted by molar-refractivity contribution is 5.73. The van der Waals surface area contributed by atoms with E-state index in [4.69, 9.17) is 0 Å². The second-order valence-corrected chi connectivity index (χ2v) is 4.46. The smallest absolute Gasteiger partial charge is 0.205 e. The second kappa shape index (κ2) is 4.33. The van der Waals surface area contributed by atoms with Gasteiger partial charge in [0.15, 0.2) is 5.65 Å². The number of fused-ring (bicyclic) bond motifs is 1. The van der Waals surface area contributed by atoms with Crippen molar-refractivity contribution in [1.29, 1.82) is 0 Å². The summed E-state index contributed by atoms with van der Waals surface area (Å²) in [7, 11) is 0. The molecule has 3 rings (SSSR count). The molecule has 0 bridgehead atoms. The monoisotopic (exact) mass is 232 g/mol. The number of aliphatic hydroxyl groups excluding tert-OH is 1. The maximum atomic E-state index is 9.40. The molecule has 1 aliphatic rings. The molecule has 1 unspecified atom stereocenters. The van der Waals surface area contributed by atoms with Crippen LogP contribution in [-0.4, -0.2) is 39.3 Å². The van der Waals surface area contributed by atoms with E-state index in [-0.39, 0.29) is 12.6 Å². The van der Waals surface area contributed by atoms with Gasteiger partial charge in [0, 0.05) is 12.7 Å². The molecule has 90 valence electrons. The molecule has 0 saturated carbocycles. The number of aromatic nitrogens is 3. The van der Waals surface area contributed by atoms with Crippen LogP contribution in [0.3, 0.4) is 0 Å². The summed E-state index contributed by atoms with van der Waals surface area (Å²) in [4.78, 5) is 14.1. The normalized spacial score (nSPS) is 21.0. The molecule has 0 radical (unpaired) electrons. The number of aromatic amines is 1. The van der Waals surface area contributed by atoms with Crippen LogP contribution < -0.4 is 4.90 Å². The van der Waals surface area contributed by atoms with Crippen LogP contribution in [0.25, 0.3) is 11.2 Å². The van der Waals surface area contributed by atoms with Crippen molar-refractivity contribution in [3.63, 3.8) is 0 Å². The van der Waals surface area contributed by atoms with Gasteiger partial charge in [-0.15, -0.1) is 0 Å². The van der Waals surface area contributed by atoms with Gasteiger partial charge >= 0.3 is 0 Å². The van der Waals surface area contributed by atoms with Crippen LogP contribution >= 0.6 is 0 Å². The van der Waals surface area contributed by atoms with Crippen molar-refractivity contribution < 1.29 is 5.11 Å². The number of anilines is 1. The third-order valence-corrected chi connectivity index (χ3v) is 3.35. The van der Waals surface area contributed by atoms with Crippen molar-refractivity contribution in [1.82, 2.24) is 15.0 Å². The Labute approximate surface area is 99.5 Å². The molecule has 1 aliphatic heterocycles. The Kier molecular flexibility index (Phi) is 2.68. The summed E-state index contributed by atoms with van der Waals surface area (Å²) in [6.07, 6.45) is 5.11. The maximum Gasteiger partial charge on any atom is 0.205 e. The van der Waals surface area contributed by atoms with Gasteiger partial charge in [-0.2, -0.15) is 4.98 Å². The molecule has 2 aromatic rings. The molecule has 0 aromatic carbocycles. The number of hydrogen-bond donors (Lipinski definition) is 2. The largest absolute Gasteiger partial charge is 0.394 e. The third kappa shape index (κ3) is 1.86. The molecule has 2 aromatic heterocycles. The van der Waals surface area contributed by atoms with Crippen LogP contribution in [-0.2, 0) is 0 Å². The number of imidazole rings is 1. The Bertz CT molecular complexity index is 477. The highest BCUT2D eigenvalue weighted by atomic mass is 16.3. The topological polar surface area (TPSA) is 65.0 Å². The first-order valence-electron chi connectivity index (χ1n) is 6.07. The molecule has 5 nitrogen and oxygen atoms in total. The van der Waals surface area contributed by atoms with Crippen LogP contribution in [0.15, 0.2) is 18.3 Å². The minimum absolute atomic E-state index is 0.185. The summed E-state index contributed by atoms with van der Waals surface area (Å²) >= 11 is 0. The van der Waals surface area contributed by atoms with E-state index in [2.05, 4.69) is 19.9 Å². The molecule has 0 spiro atoms. The lowest BCUT2D eigenvalue weighted by molar-refractivity contribution is 0.239. The Hall–Kier alpha value is -1.62. The van der Waals surface area contributed by atoms with Crippen molar-refractivity contribution >= 4 is 17.1 Å². The lowest BCUT2D eigenvalue weighted by Gasteiger charge is -2.34. The molecule has 1 atom stereocenters. The summed E-state index contributed by atoms with van der Waals surface area (Å²) in [5.41, 5.74) is 1.69. The second-order valence-electron chi connectivity index (χ2n) is 4.46. The number of rotatable bonds is 2. The maximum absolute atomic E-state index is 9.40. The van der Waals surface area contributed by atoms with E-state index in [1.807, 2.05) is 12.1 Å². The highest BCUT2D eigenvalue weighted by Gasteiger charge is 2.24. The van der Waals surface area contributed by atoms with E-state index in [1.54, 1.807) is 6.20 Å². The number of pyridine rings is 1. The minimum Gasteiger partial charge on any atom is -0.394 e. The summed E-state index contributed by atoms with van der Waals surface area (Å²) in [5, 5.41) is 9.40. The van der Waals surface area contributed by atoms with Crippen LogP contribution in [0, 0.1) is 0 Å². The van der Waals surface area contributed by atoms with Gasteiger partial charge in [0.25, 0.3) is 0 Å². The number of nitrogens with one attached hydrogen (secondary N) is 1. The van der Waals surface area contributed by atoms with Crippen molar-refractivity contribution in [3.8, 4) is 0 Å². The zero-order valence-corrected chi connectivity index (χ0v) is 9.63. The zero-order valence-electron chi connectivity index (χ0n) is 9.63. The van der Waals surface area contributed by atoms with E-state index >= 15 is 0 Å². The van der Waals surface area contributed by atoms with Crippen molar-refractivity contribution in [2.24, 2.45) is 0 Å². The van der Waals surface area contributed by atoms with Crippen LogP contribution in [0.2, 0.25) is 0 Å². The van der Waals surface area contributed by atoms with Gasteiger partial charge in [-0.1, -0.05) is 0 Å². The lowest BCUT2D eigenvalue weighted by atomic mass is 10.0. The molecule has 5 heteroatoms. The Morgan fingerprint density at radius 1 is 1.47 bits per heavy atom. The van der Waals surface area contributed by atoms with Gasteiger partial charge in [-0.05, 0) is 31.4 Å². The van der Waals surface area contributed by atoms with E-state index in [0.717, 1.165) is 36.5 Å². The summed E-state index contributed by atoms with van der Waals surface area (Å²) in [5.74, 6) is 0.831. The number of nitrogens with zero attached hydrogens (tertiary/aromatic N) is 3. The first-order chi connectivity index (χ1) is 8.38. The molecule has 0 amide bonds. The third-order valence-electron chi connectivity index (χ3n) is 3.35. The fourth-order valence-corrected chi connectivity index (χ4v) is 2.44. The van der Waals surface area contributed by atoms with Gasteiger partial charge in [-0.3, -0.25) is 0 Å². The summed E-state index contributed by atoms with van der Waals surface area (Å²) in [6.45, 7) is 1.13. The lowest BCUT2D eigenvalue weighted by Crippen LogP contribution is -2.42. The molecule has 0 aliphatic carbocycles. The standard InChI is InChI=1S/C12H16N4O/c17-8-9-4-1-2-7-16(9)12-14-10-5-3-6-13-11(10)15-12/h3,5-6,9,17H,1-2,4,7-8H2,(H,13,14,15). The first-order valence-corrected chi connectivity index (χ1v) is 6.07. The molecular weight excluding hydrogens is 216 g/mol. The molecular formula is C12H16N4O. The summed E-state index contributed by atoms with van der Waals surface area (Å²) in [6, 6.07) is 4.05. The van der Waals surface area contributed by atoms with Crippen molar-refractivity contribution in [2.45, 2.75) is 25.3 Å². The van der Waals surface area contributed by atoms with Crippen molar-refractivity contribution in [2.75, 3.05) is 18.1 Å². The number of hydrogen-bond acceptors (Lipinski definition) is 4. The van der Waals surface area contributed by atoms with Gasteiger partial charge < -0.3 is 15.0 Å². The van der Waals surface area contributed by atoms with E-state index in [9.17, 15) is 5.11 Å². The first kappa shape index (κ1) is 10.5. The Morgan fingerprint density at radius 2 is 2.41 bits per heavy atom. The average Bonchev–Trinajstić information content (AvgIpc) is 2.82. The molecule has 1 fully saturated rings. The van der Waals surface area contributed by atoms with Crippen LogP contribution in [0.1, 0.15) is 19.3 Å². The predicted molar refractivity (Wildman–Crippen MR) is 66.0 cm³/mol. The van der Waals surface area contributed by atoms with Crippen LogP contribution in [0.5, 0.6) is 0 Å². The summed E-state index contributed by atoms with van der Waals surface area (Å²) < 4.78 is 0. The predicted octanol–water partition coefficient (Wildman–Crippen LogP) is 1.31. The Morgan fingerprint density at radius 3 is 3.24 bits per heavy atom. The SMILES string of the molecule is OCC1CCCCN1c1nc2ncccc2[nH]1. The Balaban J connectivity index is 1.96. The molecule has 3 heterocycles. The highest BCUT2D eigenvalue weighted by Crippen LogP contribution is 2.23. The van der Waals surface area contributed by atoms with Gasteiger partial charge in [-0.25, -0.2) is 4.98 Å². The van der Waals surface area contributed by atoms with E-state index in [0.29, 0.717) is 0 Å². The number of H-pyrrole nitrogens is 1. The zero-order chi connectivity index (χ0) is 11.7. The fraction of sp³-hybridized carbons (Fsp3) is 0.500. The quantitative estimate of drug-likeness (QED) is 0.819. The number of piperidine rings is 1. The van der Waals surface area contributed by atoms with Gasteiger partial charge in [0.2, 0.25) is 5.95 Å². The van der Waals surface area contributed by atoms with Gasteiger partial charge in [0.05, 0.1) is 18.2 Å². The average molecular weight is 232 g/mol. The number of aliphatic hydroxyl groups is 1. The minimum atomic E-state index is 0.185. The van der Waals surface area contributed by atoms with Gasteiger partial charge in [0.1, 0.15) is 0 Å². The van der Waals surface area contributed by atoms with Crippen LogP contribution in [0.4, 0.5) is 5.95 Å².